The molecule has 1 atom stereocenters. The van der Waals surface area contributed by atoms with Gasteiger partial charge in [0.2, 0.25) is 0 Å². The third kappa shape index (κ3) is 4.14. The molecule has 1 rings (SSSR count). The van der Waals surface area contributed by atoms with Crippen LogP contribution in [0.15, 0.2) is 12.3 Å². The monoisotopic (exact) mass is 291 g/mol. The summed E-state index contributed by atoms with van der Waals surface area (Å²) in [4.78, 5) is 27.9. The minimum atomic E-state index is -0.641. The first-order chi connectivity index (χ1) is 9.90. The van der Waals surface area contributed by atoms with Gasteiger partial charge in [-0.05, 0) is 13.8 Å². The number of aromatic nitrogens is 1. The maximum Gasteiger partial charge on any atom is 0.300 e. The average molecular weight is 291 g/mol. The summed E-state index contributed by atoms with van der Waals surface area (Å²) in [6, 6.07) is 3.38. The fourth-order valence-corrected chi connectivity index (χ4v) is 1.78. The number of pyridine rings is 1. The molecule has 1 amide bonds. The number of nitrogens with zero attached hydrogens (tertiary/aromatic N) is 4. The zero-order valence-electron chi connectivity index (χ0n) is 12.2. The Bertz CT molecular complexity index is 582. The van der Waals surface area contributed by atoms with Crippen molar-refractivity contribution in [3.8, 4) is 6.07 Å². The van der Waals surface area contributed by atoms with Gasteiger partial charge in [-0.3, -0.25) is 14.9 Å². The molecular weight excluding hydrogens is 274 g/mol. The third-order valence-corrected chi connectivity index (χ3v) is 2.78. The quantitative estimate of drug-likeness (QED) is 0.630. The Kier molecular flexibility index (Phi) is 5.60. The van der Waals surface area contributed by atoms with E-state index in [4.69, 9.17) is 5.26 Å². The van der Waals surface area contributed by atoms with Crippen LogP contribution in [0.1, 0.15) is 24.2 Å². The fraction of sp³-hybridized carbons (Fsp3) is 0.462. The van der Waals surface area contributed by atoms with Gasteiger partial charge in [-0.2, -0.15) is 5.26 Å². The lowest BCUT2D eigenvalue weighted by atomic mass is 10.1. The summed E-state index contributed by atoms with van der Waals surface area (Å²) in [5, 5.41) is 22.7. The van der Waals surface area contributed by atoms with Gasteiger partial charge in [0.25, 0.3) is 11.6 Å². The van der Waals surface area contributed by atoms with Crippen molar-refractivity contribution in [2.75, 3.05) is 25.5 Å². The lowest BCUT2D eigenvalue weighted by Crippen LogP contribution is -2.31. The van der Waals surface area contributed by atoms with E-state index in [1.165, 1.54) is 18.0 Å². The van der Waals surface area contributed by atoms with E-state index in [9.17, 15) is 14.9 Å². The highest BCUT2D eigenvalue weighted by Crippen LogP contribution is 2.22. The van der Waals surface area contributed by atoms with E-state index in [0.29, 0.717) is 12.4 Å². The molecule has 1 heterocycles. The minimum Gasteiger partial charge on any atom is -0.370 e. The Balaban J connectivity index is 3.13. The first-order valence-corrected chi connectivity index (χ1v) is 6.44. The van der Waals surface area contributed by atoms with E-state index in [-0.39, 0.29) is 23.7 Å². The van der Waals surface area contributed by atoms with Crippen molar-refractivity contribution in [1.29, 1.82) is 5.26 Å². The average Bonchev–Trinajstić information content (AvgIpc) is 2.46. The van der Waals surface area contributed by atoms with Crippen LogP contribution in [0.25, 0.3) is 0 Å². The number of nitro groups is 1. The summed E-state index contributed by atoms with van der Waals surface area (Å²) >= 11 is 0. The Morgan fingerprint density at radius 1 is 1.67 bits per heavy atom. The Hall–Kier alpha value is -2.69. The number of carbonyl (C=O) groups is 1. The van der Waals surface area contributed by atoms with Gasteiger partial charge in [-0.25, -0.2) is 4.98 Å². The van der Waals surface area contributed by atoms with Crippen LogP contribution in [0.3, 0.4) is 0 Å². The molecule has 0 aliphatic carbocycles. The van der Waals surface area contributed by atoms with E-state index >= 15 is 0 Å². The highest BCUT2D eigenvalue weighted by atomic mass is 16.6. The van der Waals surface area contributed by atoms with Gasteiger partial charge in [-0.15, -0.1) is 0 Å². The topological polar surface area (TPSA) is 112 Å². The van der Waals surface area contributed by atoms with Crippen molar-refractivity contribution in [3.05, 3.63) is 27.9 Å². The number of nitrogens with one attached hydrogen (secondary N) is 1. The molecule has 0 spiro atoms. The Morgan fingerprint density at radius 2 is 2.33 bits per heavy atom. The number of rotatable bonds is 6. The zero-order chi connectivity index (χ0) is 16.0. The third-order valence-electron chi connectivity index (χ3n) is 2.78. The van der Waals surface area contributed by atoms with Crippen LogP contribution in [-0.2, 0) is 0 Å². The summed E-state index contributed by atoms with van der Waals surface area (Å²) in [6.07, 6.45) is 1.06. The molecule has 0 bridgehead atoms. The molecule has 112 valence electrons. The summed E-state index contributed by atoms with van der Waals surface area (Å²) in [6.45, 7) is 4.31. The van der Waals surface area contributed by atoms with Crippen molar-refractivity contribution >= 4 is 17.4 Å². The maximum atomic E-state index is 12.3. The molecule has 0 aliphatic rings. The molecule has 0 aliphatic heterocycles. The first-order valence-electron chi connectivity index (χ1n) is 6.44. The van der Waals surface area contributed by atoms with E-state index < -0.39 is 10.8 Å². The summed E-state index contributed by atoms with van der Waals surface area (Å²) in [7, 11) is 1.51. The lowest BCUT2D eigenvalue weighted by Gasteiger charge is -2.18. The Labute approximate surface area is 122 Å². The molecule has 8 nitrogen and oxygen atoms in total. The van der Waals surface area contributed by atoms with Gasteiger partial charge in [0.15, 0.2) is 0 Å². The second-order valence-corrected chi connectivity index (χ2v) is 4.59. The lowest BCUT2D eigenvalue weighted by molar-refractivity contribution is -0.385. The maximum absolute atomic E-state index is 12.3. The number of hydrogen-bond acceptors (Lipinski definition) is 6. The molecule has 0 aromatic carbocycles. The van der Waals surface area contributed by atoms with Crippen LogP contribution in [0.5, 0.6) is 0 Å². The number of hydrogen-bond donors (Lipinski definition) is 1. The molecule has 8 heteroatoms. The van der Waals surface area contributed by atoms with Crippen LogP contribution >= 0.6 is 0 Å². The van der Waals surface area contributed by atoms with Crippen LogP contribution < -0.4 is 5.32 Å². The molecule has 0 saturated heterocycles. The number of carbonyl (C=O) groups excluding carboxylic acids is 1. The molecular formula is C13H17N5O3. The molecule has 0 fully saturated rings. The fourth-order valence-electron chi connectivity index (χ4n) is 1.78. The van der Waals surface area contributed by atoms with Gasteiger partial charge in [0.05, 0.1) is 16.9 Å². The number of nitriles is 1. The SMILES string of the molecule is CCNc1cc(C(=O)N(C)CC(C)C#N)c([N+](=O)[O-])cn1. The van der Waals surface area contributed by atoms with Crippen molar-refractivity contribution in [1.82, 2.24) is 9.88 Å². The van der Waals surface area contributed by atoms with Gasteiger partial charge < -0.3 is 10.2 Å². The van der Waals surface area contributed by atoms with Crippen molar-refractivity contribution in [2.45, 2.75) is 13.8 Å². The molecule has 1 aromatic rings. The van der Waals surface area contributed by atoms with Crippen LogP contribution in [0.4, 0.5) is 11.5 Å². The smallest absolute Gasteiger partial charge is 0.300 e. The molecule has 1 aromatic heterocycles. The standard InChI is InChI=1S/C13H17N5O3/c1-4-15-12-5-10(11(7-16-12)18(20)21)13(19)17(3)8-9(2)6-14/h5,7,9H,4,8H2,1-3H3,(H,15,16). The van der Waals surface area contributed by atoms with E-state index in [0.717, 1.165) is 6.20 Å². The largest absolute Gasteiger partial charge is 0.370 e. The van der Waals surface area contributed by atoms with Crippen LogP contribution in [0.2, 0.25) is 0 Å². The molecule has 0 radical (unpaired) electrons. The first kappa shape index (κ1) is 16.4. The van der Waals surface area contributed by atoms with Crippen LogP contribution in [0, 0.1) is 27.4 Å². The summed E-state index contributed by atoms with van der Waals surface area (Å²) in [5.41, 5.74) is -0.392. The second-order valence-electron chi connectivity index (χ2n) is 4.59. The molecule has 1 unspecified atom stereocenters. The number of amides is 1. The number of anilines is 1. The van der Waals surface area contributed by atoms with Gasteiger partial charge in [0, 0.05) is 26.2 Å². The van der Waals surface area contributed by atoms with E-state index in [1.807, 2.05) is 13.0 Å². The predicted octanol–water partition coefficient (Wildman–Crippen LogP) is 1.65. The molecule has 1 N–H and O–H groups in total. The summed E-state index contributed by atoms with van der Waals surface area (Å²) in [5.74, 6) is -0.466. The van der Waals surface area contributed by atoms with Gasteiger partial charge in [0.1, 0.15) is 17.6 Å². The zero-order valence-corrected chi connectivity index (χ0v) is 12.2. The minimum absolute atomic E-state index is 0.0430. The van der Waals surface area contributed by atoms with Crippen molar-refractivity contribution in [3.63, 3.8) is 0 Å². The van der Waals surface area contributed by atoms with E-state index in [1.54, 1.807) is 6.92 Å². The van der Waals surface area contributed by atoms with Gasteiger partial charge in [-0.1, -0.05) is 0 Å². The molecule has 0 saturated carbocycles. The summed E-state index contributed by atoms with van der Waals surface area (Å²) < 4.78 is 0. The van der Waals surface area contributed by atoms with Crippen LogP contribution in [-0.4, -0.2) is 40.9 Å². The Morgan fingerprint density at radius 3 is 2.86 bits per heavy atom. The highest BCUT2D eigenvalue weighted by molar-refractivity contribution is 5.98. The molecule has 21 heavy (non-hydrogen) atoms. The van der Waals surface area contributed by atoms with Crippen molar-refractivity contribution < 1.29 is 9.72 Å². The predicted molar refractivity (Wildman–Crippen MR) is 76.8 cm³/mol. The highest BCUT2D eigenvalue weighted by Gasteiger charge is 2.25. The van der Waals surface area contributed by atoms with Crippen molar-refractivity contribution in [2.24, 2.45) is 5.92 Å². The second kappa shape index (κ2) is 7.19. The normalized spacial score (nSPS) is 11.3. The van der Waals surface area contributed by atoms with E-state index in [2.05, 4.69) is 10.3 Å². The van der Waals surface area contributed by atoms with Gasteiger partial charge >= 0.3 is 0 Å².